The van der Waals surface area contributed by atoms with Crippen LogP contribution in [0.2, 0.25) is 0 Å². The second kappa shape index (κ2) is 5.87. The predicted molar refractivity (Wildman–Crippen MR) is 90.5 cm³/mol. The number of nitrogens with one attached hydrogen (secondary N) is 1. The van der Waals surface area contributed by atoms with Gasteiger partial charge in [0.1, 0.15) is 0 Å². The first kappa shape index (κ1) is 14.1. The number of likely N-dealkylation sites (tertiary alicyclic amines) is 1. The first-order valence-corrected chi connectivity index (χ1v) is 7.63. The van der Waals surface area contributed by atoms with Gasteiger partial charge in [0, 0.05) is 29.7 Å². The number of nitrogens with two attached hydrogens (primary N) is 1. The minimum absolute atomic E-state index is 0.664. The van der Waals surface area contributed by atoms with E-state index in [2.05, 4.69) is 16.5 Å². The summed E-state index contributed by atoms with van der Waals surface area (Å²) in [7, 11) is 0. The number of imidazole rings is 1. The Labute approximate surface area is 129 Å². The minimum atomic E-state index is 0.664. The van der Waals surface area contributed by atoms with Crippen LogP contribution in [0.5, 0.6) is 0 Å². The zero-order valence-electron chi connectivity index (χ0n) is 12.0. The molecule has 0 aliphatic carbocycles. The Morgan fingerprint density at radius 1 is 1.29 bits per heavy atom. The lowest BCUT2D eigenvalue weighted by Gasteiger charge is -2.16. The molecule has 0 saturated carbocycles. The summed E-state index contributed by atoms with van der Waals surface area (Å²) in [6.07, 6.45) is 4.54. The molecule has 1 aromatic heterocycles. The third kappa shape index (κ3) is 2.94. The summed E-state index contributed by atoms with van der Waals surface area (Å²) in [6, 6.07) is 7.78. The number of hydrogen-bond acceptors (Lipinski definition) is 3. The van der Waals surface area contributed by atoms with Gasteiger partial charge in [-0.05, 0) is 44.2 Å². The first-order valence-electron chi connectivity index (χ1n) is 7.22. The van der Waals surface area contributed by atoms with E-state index >= 15 is 0 Å². The Bertz CT molecular complexity index is 707. The Balaban J connectivity index is 1.86. The highest BCUT2D eigenvalue weighted by molar-refractivity contribution is 7.71. The van der Waals surface area contributed by atoms with Crippen LogP contribution in [0.15, 0.2) is 37.0 Å². The van der Waals surface area contributed by atoms with Gasteiger partial charge < -0.3 is 10.7 Å². The Morgan fingerprint density at radius 3 is 2.71 bits per heavy atom. The minimum Gasteiger partial charge on any atom is -0.398 e. The van der Waals surface area contributed by atoms with Gasteiger partial charge in [0.05, 0.1) is 5.69 Å². The Morgan fingerprint density at radius 2 is 2.00 bits per heavy atom. The van der Waals surface area contributed by atoms with Gasteiger partial charge >= 0.3 is 0 Å². The number of nitrogen functional groups attached to an aromatic ring is 1. The fourth-order valence-electron chi connectivity index (χ4n) is 2.78. The van der Waals surface area contributed by atoms with Gasteiger partial charge in [0.25, 0.3) is 0 Å². The monoisotopic (exact) mass is 300 g/mol. The fraction of sp³-hybridized carbons (Fsp3) is 0.312. The van der Waals surface area contributed by atoms with Gasteiger partial charge in [-0.1, -0.05) is 24.8 Å². The third-order valence-electron chi connectivity index (χ3n) is 3.92. The molecule has 3 N–H and O–H groups in total. The molecule has 0 atom stereocenters. The fourth-order valence-corrected chi connectivity index (χ4v) is 3.08. The number of hydrogen-bond donors (Lipinski definition) is 2. The molecule has 0 unspecified atom stereocenters. The molecule has 21 heavy (non-hydrogen) atoms. The van der Waals surface area contributed by atoms with Gasteiger partial charge in [-0.3, -0.25) is 9.47 Å². The lowest BCUT2D eigenvalue weighted by Crippen LogP contribution is -2.22. The van der Waals surface area contributed by atoms with E-state index in [0.717, 1.165) is 42.3 Å². The summed E-state index contributed by atoms with van der Waals surface area (Å²) in [5.41, 5.74) is 9.67. The Kier molecular flexibility index (Phi) is 3.94. The van der Waals surface area contributed by atoms with Gasteiger partial charge in [0.15, 0.2) is 4.77 Å². The number of aromatic nitrogens is 2. The summed E-state index contributed by atoms with van der Waals surface area (Å²) >= 11 is 5.42. The molecule has 2 aromatic rings. The van der Waals surface area contributed by atoms with Crippen LogP contribution in [0, 0.1) is 4.77 Å². The van der Waals surface area contributed by atoms with Crippen molar-refractivity contribution >= 4 is 23.6 Å². The quantitative estimate of drug-likeness (QED) is 0.672. The molecule has 0 radical (unpaired) electrons. The zero-order chi connectivity index (χ0) is 14.8. The average Bonchev–Trinajstić information content (AvgIpc) is 3.09. The normalized spacial score (nSPS) is 15.4. The number of H-pyrrole nitrogens is 1. The maximum absolute atomic E-state index is 6.03. The smallest absolute Gasteiger partial charge is 0.182 e. The molecule has 3 rings (SSSR count). The maximum atomic E-state index is 6.03. The molecule has 0 amide bonds. The van der Waals surface area contributed by atoms with Crippen molar-refractivity contribution < 1.29 is 0 Å². The second-order valence-electron chi connectivity index (χ2n) is 5.48. The molecular formula is C16H20N4S. The van der Waals surface area contributed by atoms with Crippen LogP contribution in [0.25, 0.3) is 17.0 Å². The van der Waals surface area contributed by atoms with E-state index in [-0.39, 0.29) is 0 Å². The van der Waals surface area contributed by atoms with Crippen LogP contribution < -0.4 is 5.73 Å². The highest BCUT2D eigenvalue weighted by Gasteiger charge is 2.14. The van der Waals surface area contributed by atoms with Crippen molar-refractivity contribution in [3.05, 3.63) is 41.8 Å². The number of nitrogens with zero attached hydrogens (tertiary/aromatic N) is 2. The summed E-state index contributed by atoms with van der Waals surface area (Å²) in [5.74, 6) is 0. The molecule has 5 heteroatoms. The van der Waals surface area contributed by atoms with E-state index in [9.17, 15) is 0 Å². The first-order chi connectivity index (χ1) is 10.1. The van der Waals surface area contributed by atoms with E-state index in [1.165, 1.54) is 12.8 Å². The van der Waals surface area contributed by atoms with Gasteiger partial charge in [-0.25, -0.2) is 0 Å². The van der Waals surface area contributed by atoms with Crippen LogP contribution in [0.1, 0.15) is 12.8 Å². The molecule has 1 aliphatic rings. The molecule has 4 nitrogen and oxygen atoms in total. The molecular weight excluding hydrogens is 280 g/mol. The van der Waals surface area contributed by atoms with E-state index in [4.69, 9.17) is 18.0 Å². The summed E-state index contributed by atoms with van der Waals surface area (Å²) in [6.45, 7) is 7.34. The van der Waals surface area contributed by atoms with Crippen molar-refractivity contribution in [3.63, 3.8) is 0 Å². The van der Waals surface area contributed by atoms with E-state index in [1.54, 1.807) is 0 Å². The van der Waals surface area contributed by atoms with Crippen LogP contribution in [0.3, 0.4) is 0 Å². The van der Waals surface area contributed by atoms with E-state index < -0.39 is 0 Å². The molecule has 1 aliphatic heterocycles. The highest BCUT2D eigenvalue weighted by Crippen LogP contribution is 2.25. The maximum Gasteiger partial charge on any atom is 0.182 e. The molecule has 1 saturated heterocycles. The summed E-state index contributed by atoms with van der Waals surface area (Å²) < 4.78 is 2.62. The lowest BCUT2D eigenvalue weighted by atomic mass is 10.1. The third-order valence-corrected chi connectivity index (χ3v) is 4.21. The van der Waals surface area contributed by atoms with Crippen LogP contribution >= 0.6 is 12.2 Å². The SMILES string of the molecule is C=C(CN1CCCC1)n1cc(-c2ccccc2N)[nH]c1=S. The molecule has 1 aromatic carbocycles. The predicted octanol–water partition coefficient (Wildman–Crippen LogP) is 3.36. The van der Waals surface area contributed by atoms with Crippen LogP contribution in [-0.2, 0) is 0 Å². The molecule has 2 heterocycles. The van der Waals surface area contributed by atoms with Crippen LogP contribution in [0.4, 0.5) is 5.69 Å². The average molecular weight is 300 g/mol. The molecule has 0 spiro atoms. The van der Waals surface area contributed by atoms with Gasteiger partial charge in [0.2, 0.25) is 0 Å². The molecule has 0 bridgehead atoms. The van der Waals surface area contributed by atoms with Crippen molar-refractivity contribution in [1.82, 2.24) is 14.5 Å². The highest BCUT2D eigenvalue weighted by atomic mass is 32.1. The number of anilines is 1. The number of para-hydroxylation sites is 1. The molecule has 110 valence electrons. The van der Waals surface area contributed by atoms with Crippen molar-refractivity contribution in [3.8, 4) is 11.3 Å². The number of benzene rings is 1. The van der Waals surface area contributed by atoms with Crippen molar-refractivity contribution in [2.24, 2.45) is 0 Å². The van der Waals surface area contributed by atoms with E-state index in [0.29, 0.717) is 4.77 Å². The topological polar surface area (TPSA) is 50.0 Å². The number of rotatable bonds is 4. The van der Waals surface area contributed by atoms with Crippen molar-refractivity contribution in [1.29, 1.82) is 0 Å². The standard InChI is InChI=1S/C16H20N4S/c1-12(10-19-8-4-5-9-19)20-11-15(18-16(20)21)13-6-2-3-7-14(13)17/h2-3,6-7,11H,1,4-5,8-10,17H2,(H,18,21). The number of aromatic amines is 1. The second-order valence-corrected chi connectivity index (χ2v) is 5.87. The Hall–Kier alpha value is -1.85. The molecule has 1 fully saturated rings. The lowest BCUT2D eigenvalue weighted by molar-refractivity contribution is 0.378. The van der Waals surface area contributed by atoms with Crippen molar-refractivity contribution in [2.75, 3.05) is 25.4 Å². The largest absolute Gasteiger partial charge is 0.398 e. The van der Waals surface area contributed by atoms with Crippen molar-refractivity contribution in [2.45, 2.75) is 12.8 Å². The van der Waals surface area contributed by atoms with E-state index in [1.807, 2.05) is 35.0 Å². The van der Waals surface area contributed by atoms with Gasteiger partial charge in [-0.15, -0.1) is 0 Å². The summed E-state index contributed by atoms with van der Waals surface area (Å²) in [5, 5.41) is 0. The van der Waals surface area contributed by atoms with Gasteiger partial charge in [-0.2, -0.15) is 0 Å². The zero-order valence-corrected chi connectivity index (χ0v) is 12.8. The summed E-state index contributed by atoms with van der Waals surface area (Å²) in [4.78, 5) is 5.64. The van der Waals surface area contributed by atoms with Crippen LogP contribution in [-0.4, -0.2) is 34.1 Å².